The molecule has 4 aromatic rings. The van der Waals surface area contributed by atoms with Gasteiger partial charge in [-0.3, -0.25) is 4.79 Å². The minimum absolute atomic E-state index is 0.102. The van der Waals surface area contributed by atoms with Crippen molar-refractivity contribution in [2.24, 2.45) is 0 Å². The van der Waals surface area contributed by atoms with E-state index in [0.29, 0.717) is 35.5 Å². The minimum atomic E-state index is -0.102. The van der Waals surface area contributed by atoms with Gasteiger partial charge in [0.25, 0.3) is 5.89 Å². The zero-order chi connectivity index (χ0) is 21.2. The summed E-state index contributed by atoms with van der Waals surface area (Å²) in [5.41, 5.74) is 3.65. The fraction of sp³-hybridized carbons (Fsp3) is 0.174. The maximum absolute atomic E-state index is 12.5. The van der Waals surface area contributed by atoms with E-state index in [1.807, 2.05) is 61.7 Å². The normalized spacial score (nSPS) is 12.2. The molecule has 156 valence electrons. The lowest BCUT2D eigenvalue weighted by Gasteiger charge is -2.08. The molecule has 0 aliphatic carbocycles. The van der Waals surface area contributed by atoms with Gasteiger partial charge >= 0.3 is 0 Å². The molecule has 1 N–H and O–H groups in total. The van der Waals surface area contributed by atoms with Gasteiger partial charge in [0.1, 0.15) is 12.2 Å². The fourth-order valence-electron chi connectivity index (χ4n) is 3.46. The molecule has 2 aromatic heterocycles. The third kappa shape index (κ3) is 4.00. The Bertz CT molecular complexity index is 1240. The molecule has 0 atom stereocenters. The van der Waals surface area contributed by atoms with Crippen LogP contribution in [0.3, 0.4) is 0 Å². The molecule has 8 heteroatoms. The summed E-state index contributed by atoms with van der Waals surface area (Å²) in [7, 11) is 0. The SMILES string of the molecule is Cc1cccc(CNC(=O)Cn2cccc2-c2nc(-c3ccc4c(c3)OCO4)no2)c1. The Kier molecular flexibility index (Phi) is 4.87. The highest BCUT2D eigenvalue weighted by atomic mass is 16.7. The van der Waals surface area contributed by atoms with Crippen molar-refractivity contribution in [3.8, 4) is 34.5 Å². The number of hydrogen-bond acceptors (Lipinski definition) is 6. The van der Waals surface area contributed by atoms with Gasteiger partial charge in [-0.1, -0.05) is 35.0 Å². The Morgan fingerprint density at radius 2 is 2.00 bits per heavy atom. The molecular weight excluding hydrogens is 396 g/mol. The van der Waals surface area contributed by atoms with Crippen LogP contribution < -0.4 is 14.8 Å². The first-order valence-electron chi connectivity index (χ1n) is 9.87. The van der Waals surface area contributed by atoms with Crippen LogP contribution >= 0.6 is 0 Å². The molecule has 5 rings (SSSR count). The quantitative estimate of drug-likeness (QED) is 0.517. The summed E-state index contributed by atoms with van der Waals surface area (Å²) in [6.07, 6.45) is 1.81. The molecule has 3 heterocycles. The van der Waals surface area contributed by atoms with Gasteiger partial charge in [0.15, 0.2) is 11.5 Å². The van der Waals surface area contributed by atoms with Gasteiger partial charge in [0, 0.05) is 18.3 Å². The number of nitrogens with one attached hydrogen (secondary N) is 1. The van der Waals surface area contributed by atoms with Gasteiger partial charge in [-0.2, -0.15) is 4.98 Å². The topological polar surface area (TPSA) is 91.4 Å². The van der Waals surface area contributed by atoms with Gasteiger partial charge in [-0.25, -0.2) is 0 Å². The van der Waals surface area contributed by atoms with Crippen molar-refractivity contribution in [3.05, 3.63) is 71.9 Å². The lowest BCUT2D eigenvalue weighted by atomic mass is 10.1. The number of benzene rings is 2. The van der Waals surface area contributed by atoms with Crippen molar-refractivity contribution >= 4 is 5.91 Å². The molecule has 1 aliphatic heterocycles. The van der Waals surface area contributed by atoms with Crippen molar-refractivity contribution in [3.63, 3.8) is 0 Å². The molecule has 0 unspecified atom stereocenters. The molecule has 0 spiro atoms. The Labute approximate surface area is 178 Å². The monoisotopic (exact) mass is 416 g/mol. The number of hydrogen-bond donors (Lipinski definition) is 1. The number of aryl methyl sites for hydroxylation is 1. The van der Waals surface area contributed by atoms with Crippen LogP contribution in [0.1, 0.15) is 11.1 Å². The number of aromatic nitrogens is 3. The Balaban J connectivity index is 1.28. The second kappa shape index (κ2) is 7.98. The Morgan fingerprint density at radius 1 is 1.10 bits per heavy atom. The third-order valence-electron chi connectivity index (χ3n) is 4.99. The molecule has 8 nitrogen and oxygen atoms in total. The zero-order valence-electron chi connectivity index (χ0n) is 16.9. The van der Waals surface area contributed by atoms with Crippen LogP contribution in [0.15, 0.2) is 65.3 Å². The summed E-state index contributed by atoms with van der Waals surface area (Å²) in [6.45, 7) is 2.86. The van der Waals surface area contributed by atoms with Gasteiger partial charge in [-0.05, 0) is 42.8 Å². The van der Waals surface area contributed by atoms with E-state index < -0.39 is 0 Å². The fourth-order valence-corrected chi connectivity index (χ4v) is 3.46. The van der Waals surface area contributed by atoms with Gasteiger partial charge in [0.05, 0.1) is 0 Å². The summed E-state index contributed by atoms with van der Waals surface area (Å²) in [5, 5.41) is 7.02. The van der Waals surface area contributed by atoms with E-state index in [0.717, 1.165) is 16.7 Å². The largest absolute Gasteiger partial charge is 0.454 e. The van der Waals surface area contributed by atoms with Crippen LogP contribution in [0.2, 0.25) is 0 Å². The second-order valence-corrected chi connectivity index (χ2v) is 7.28. The van der Waals surface area contributed by atoms with Crippen molar-refractivity contribution in [2.45, 2.75) is 20.0 Å². The van der Waals surface area contributed by atoms with E-state index in [1.165, 1.54) is 0 Å². The molecule has 31 heavy (non-hydrogen) atoms. The van der Waals surface area contributed by atoms with Crippen molar-refractivity contribution in [2.75, 3.05) is 6.79 Å². The molecule has 0 bridgehead atoms. The first-order chi connectivity index (χ1) is 15.2. The number of carbonyl (C=O) groups excluding carboxylic acids is 1. The maximum Gasteiger partial charge on any atom is 0.274 e. The first-order valence-corrected chi connectivity index (χ1v) is 9.87. The predicted octanol–water partition coefficient (Wildman–Crippen LogP) is 3.56. The van der Waals surface area contributed by atoms with Crippen molar-refractivity contribution < 1.29 is 18.8 Å². The summed E-state index contributed by atoms with van der Waals surface area (Å²) in [5.74, 6) is 2.01. The average molecular weight is 416 g/mol. The van der Waals surface area contributed by atoms with Gasteiger partial charge in [0.2, 0.25) is 18.5 Å². The number of fused-ring (bicyclic) bond motifs is 1. The van der Waals surface area contributed by atoms with Crippen LogP contribution in [-0.4, -0.2) is 27.4 Å². The van der Waals surface area contributed by atoms with E-state index in [4.69, 9.17) is 14.0 Å². The van der Waals surface area contributed by atoms with E-state index in [2.05, 4.69) is 21.5 Å². The molecule has 0 radical (unpaired) electrons. The molecule has 2 aromatic carbocycles. The summed E-state index contributed by atoms with van der Waals surface area (Å²) in [6, 6.07) is 17.2. The van der Waals surface area contributed by atoms with Gasteiger partial charge < -0.3 is 23.9 Å². The number of amides is 1. The first kappa shape index (κ1) is 18.9. The molecular formula is C23H20N4O4. The highest BCUT2D eigenvalue weighted by Gasteiger charge is 2.18. The van der Waals surface area contributed by atoms with E-state index in [1.54, 1.807) is 4.57 Å². The summed E-state index contributed by atoms with van der Waals surface area (Å²) < 4.78 is 18.0. The van der Waals surface area contributed by atoms with E-state index in [9.17, 15) is 4.79 Å². The van der Waals surface area contributed by atoms with Crippen LogP contribution in [-0.2, 0) is 17.9 Å². The van der Waals surface area contributed by atoms with Crippen LogP contribution in [0.25, 0.3) is 23.0 Å². The van der Waals surface area contributed by atoms with Crippen LogP contribution in [0.4, 0.5) is 0 Å². The highest BCUT2D eigenvalue weighted by Crippen LogP contribution is 2.35. The average Bonchev–Trinajstić information content (AvgIpc) is 3.52. The zero-order valence-corrected chi connectivity index (χ0v) is 16.9. The molecule has 0 saturated heterocycles. The minimum Gasteiger partial charge on any atom is -0.454 e. The van der Waals surface area contributed by atoms with Gasteiger partial charge in [-0.15, -0.1) is 0 Å². The Morgan fingerprint density at radius 3 is 2.90 bits per heavy atom. The lowest BCUT2D eigenvalue weighted by molar-refractivity contribution is -0.121. The predicted molar refractivity (Wildman–Crippen MR) is 112 cm³/mol. The maximum atomic E-state index is 12.5. The number of rotatable bonds is 6. The molecule has 0 fully saturated rings. The smallest absolute Gasteiger partial charge is 0.274 e. The highest BCUT2D eigenvalue weighted by molar-refractivity contribution is 5.76. The molecule has 0 saturated carbocycles. The lowest BCUT2D eigenvalue weighted by Crippen LogP contribution is -2.27. The summed E-state index contributed by atoms with van der Waals surface area (Å²) >= 11 is 0. The second-order valence-electron chi connectivity index (χ2n) is 7.28. The Hall–Kier alpha value is -4.07. The number of nitrogens with zero attached hydrogens (tertiary/aromatic N) is 3. The third-order valence-corrected chi connectivity index (χ3v) is 4.99. The van der Waals surface area contributed by atoms with Crippen LogP contribution in [0.5, 0.6) is 11.5 Å². The molecule has 1 aliphatic rings. The number of carbonyl (C=O) groups is 1. The summed E-state index contributed by atoms with van der Waals surface area (Å²) in [4.78, 5) is 17.0. The van der Waals surface area contributed by atoms with E-state index >= 15 is 0 Å². The van der Waals surface area contributed by atoms with Crippen molar-refractivity contribution in [1.29, 1.82) is 0 Å². The number of ether oxygens (including phenoxy) is 2. The standard InChI is InChI=1S/C23H20N4O4/c1-15-4-2-5-16(10-15)12-24-21(28)13-27-9-3-6-18(27)23-25-22(26-31-23)17-7-8-19-20(11-17)30-14-29-19/h2-11H,12-14H2,1H3,(H,24,28). The van der Waals surface area contributed by atoms with Crippen LogP contribution in [0, 0.1) is 6.92 Å². The van der Waals surface area contributed by atoms with Crippen molar-refractivity contribution in [1.82, 2.24) is 20.0 Å². The van der Waals surface area contributed by atoms with E-state index in [-0.39, 0.29) is 19.2 Å². The molecule has 1 amide bonds.